The second kappa shape index (κ2) is 5.92. The second-order valence-corrected chi connectivity index (χ2v) is 7.57. The Kier molecular flexibility index (Phi) is 4.71. The molecule has 0 spiro atoms. The molecule has 1 heterocycles. The van der Waals surface area contributed by atoms with Gasteiger partial charge in [-0.3, -0.25) is 0 Å². The molecule has 1 saturated carbocycles. The van der Waals surface area contributed by atoms with Gasteiger partial charge >= 0.3 is 0 Å². The van der Waals surface area contributed by atoms with Crippen LogP contribution in [0.3, 0.4) is 0 Å². The topological polar surface area (TPSA) is 23.5 Å². The number of hydrogen-bond donors (Lipinski definition) is 1. The van der Waals surface area contributed by atoms with Crippen molar-refractivity contribution in [3.05, 3.63) is 0 Å². The fraction of sp³-hybridized carbons (Fsp3) is 1.00. The minimum Gasteiger partial charge on any atom is -0.393 e. The molecule has 1 aliphatic heterocycles. The van der Waals surface area contributed by atoms with Crippen LogP contribution in [-0.2, 0) is 0 Å². The zero-order chi connectivity index (χ0) is 13.2. The summed E-state index contributed by atoms with van der Waals surface area (Å²) < 4.78 is 0. The van der Waals surface area contributed by atoms with E-state index in [0.717, 1.165) is 6.42 Å². The van der Waals surface area contributed by atoms with Crippen LogP contribution < -0.4 is 0 Å². The Morgan fingerprint density at radius 3 is 2.50 bits per heavy atom. The summed E-state index contributed by atoms with van der Waals surface area (Å²) in [7, 11) is 0. The molecule has 1 aliphatic carbocycles. The van der Waals surface area contributed by atoms with E-state index in [1.54, 1.807) is 0 Å². The van der Waals surface area contributed by atoms with E-state index < -0.39 is 0 Å². The summed E-state index contributed by atoms with van der Waals surface area (Å²) in [5.41, 5.74) is 0.460. The van der Waals surface area contributed by atoms with Gasteiger partial charge in [0.05, 0.1) is 6.10 Å². The lowest BCUT2D eigenvalue weighted by Crippen LogP contribution is -2.39. The van der Waals surface area contributed by atoms with Gasteiger partial charge in [-0.15, -0.1) is 0 Å². The molecule has 106 valence electrons. The van der Waals surface area contributed by atoms with E-state index in [2.05, 4.69) is 25.7 Å². The predicted molar refractivity (Wildman–Crippen MR) is 76.6 cm³/mol. The molecule has 2 aliphatic rings. The first-order valence-corrected chi connectivity index (χ1v) is 7.89. The summed E-state index contributed by atoms with van der Waals surface area (Å²) in [4.78, 5) is 2.67. The largest absolute Gasteiger partial charge is 0.393 e. The molecular weight excluding hydrogens is 222 g/mol. The van der Waals surface area contributed by atoms with Crippen molar-refractivity contribution in [2.45, 2.75) is 77.9 Å². The number of rotatable bonds is 4. The quantitative estimate of drug-likeness (QED) is 0.829. The number of aliphatic hydroxyl groups excluding tert-OH is 1. The highest BCUT2D eigenvalue weighted by molar-refractivity contribution is 4.91. The molecule has 0 bridgehead atoms. The van der Waals surface area contributed by atoms with Crippen LogP contribution in [0, 0.1) is 11.3 Å². The van der Waals surface area contributed by atoms with Crippen molar-refractivity contribution in [2.75, 3.05) is 13.1 Å². The molecule has 3 atom stereocenters. The molecule has 0 aromatic rings. The molecule has 0 amide bonds. The van der Waals surface area contributed by atoms with Crippen LogP contribution in [0.2, 0.25) is 0 Å². The standard InChI is InChI=1S/C16H31NO/c1-16(2,3)10-6-12-17-11-5-8-14(17)13-7-4-9-15(13)18/h13-15,18H,4-12H2,1-3H3. The maximum absolute atomic E-state index is 10.1. The summed E-state index contributed by atoms with van der Waals surface area (Å²) >= 11 is 0. The highest BCUT2D eigenvalue weighted by atomic mass is 16.3. The van der Waals surface area contributed by atoms with Gasteiger partial charge in [-0.2, -0.15) is 0 Å². The Balaban J connectivity index is 1.80. The van der Waals surface area contributed by atoms with E-state index in [9.17, 15) is 5.11 Å². The van der Waals surface area contributed by atoms with Gasteiger partial charge in [0.25, 0.3) is 0 Å². The Morgan fingerprint density at radius 1 is 1.11 bits per heavy atom. The van der Waals surface area contributed by atoms with Crippen molar-refractivity contribution in [2.24, 2.45) is 11.3 Å². The molecule has 3 unspecified atom stereocenters. The number of likely N-dealkylation sites (tertiary alicyclic amines) is 1. The lowest BCUT2D eigenvalue weighted by atomic mass is 9.90. The van der Waals surface area contributed by atoms with Gasteiger partial charge < -0.3 is 10.0 Å². The lowest BCUT2D eigenvalue weighted by molar-refractivity contribution is 0.0730. The van der Waals surface area contributed by atoms with Gasteiger partial charge in [0, 0.05) is 12.0 Å². The molecular formula is C16H31NO. The maximum atomic E-state index is 10.1. The summed E-state index contributed by atoms with van der Waals surface area (Å²) in [6.45, 7) is 9.49. The molecule has 1 N–H and O–H groups in total. The Morgan fingerprint density at radius 2 is 1.89 bits per heavy atom. The van der Waals surface area contributed by atoms with Crippen LogP contribution in [0.1, 0.15) is 65.7 Å². The first-order valence-electron chi connectivity index (χ1n) is 7.89. The molecule has 0 aromatic heterocycles. The van der Waals surface area contributed by atoms with Gasteiger partial charge in [0.1, 0.15) is 0 Å². The van der Waals surface area contributed by atoms with Gasteiger partial charge in [-0.25, -0.2) is 0 Å². The van der Waals surface area contributed by atoms with E-state index in [0.29, 0.717) is 17.4 Å². The van der Waals surface area contributed by atoms with E-state index in [4.69, 9.17) is 0 Å². The molecule has 2 nitrogen and oxygen atoms in total. The van der Waals surface area contributed by atoms with E-state index in [-0.39, 0.29) is 6.10 Å². The number of aliphatic hydroxyl groups is 1. The fourth-order valence-corrected chi connectivity index (χ4v) is 3.84. The Labute approximate surface area is 113 Å². The van der Waals surface area contributed by atoms with Crippen LogP contribution in [-0.4, -0.2) is 35.2 Å². The Hall–Kier alpha value is -0.0800. The third-order valence-electron chi connectivity index (χ3n) is 4.81. The zero-order valence-electron chi connectivity index (χ0n) is 12.5. The summed E-state index contributed by atoms with van der Waals surface area (Å²) in [5.74, 6) is 0.571. The molecule has 2 heteroatoms. The smallest absolute Gasteiger partial charge is 0.0583 e. The van der Waals surface area contributed by atoms with E-state index >= 15 is 0 Å². The average Bonchev–Trinajstić information content (AvgIpc) is 2.84. The molecule has 2 fully saturated rings. The van der Waals surface area contributed by atoms with Crippen LogP contribution in [0.4, 0.5) is 0 Å². The number of nitrogens with zero attached hydrogens (tertiary/aromatic N) is 1. The van der Waals surface area contributed by atoms with Crippen molar-refractivity contribution in [3.63, 3.8) is 0 Å². The van der Waals surface area contributed by atoms with Gasteiger partial charge in [0.15, 0.2) is 0 Å². The molecule has 18 heavy (non-hydrogen) atoms. The summed E-state index contributed by atoms with van der Waals surface area (Å²) in [6.07, 6.45) is 8.78. The zero-order valence-corrected chi connectivity index (χ0v) is 12.5. The van der Waals surface area contributed by atoms with Crippen LogP contribution in [0.25, 0.3) is 0 Å². The second-order valence-electron chi connectivity index (χ2n) is 7.57. The van der Waals surface area contributed by atoms with E-state index in [1.807, 2.05) is 0 Å². The van der Waals surface area contributed by atoms with Crippen molar-refractivity contribution in [3.8, 4) is 0 Å². The third kappa shape index (κ3) is 3.71. The highest BCUT2D eigenvalue weighted by Gasteiger charge is 2.37. The van der Waals surface area contributed by atoms with Crippen molar-refractivity contribution in [1.29, 1.82) is 0 Å². The maximum Gasteiger partial charge on any atom is 0.0583 e. The Bertz CT molecular complexity index is 258. The fourth-order valence-electron chi connectivity index (χ4n) is 3.84. The van der Waals surface area contributed by atoms with Crippen LogP contribution >= 0.6 is 0 Å². The monoisotopic (exact) mass is 253 g/mol. The van der Waals surface area contributed by atoms with Crippen LogP contribution in [0.5, 0.6) is 0 Å². The molecule has 0 radical (unpaired) electrons. The minimum atomic E-state index is -0.0155. The highest BCUT2D eigenvalue weighted by Crippen LogP contribution is 2.36. The van der Waals surface area contributed by atoms with Crippen molar-refractivity contribution in [1.82, 2.24) is 4.90 Å². The van der Waals surface area contributed by atoms with Crippen molar-refractivity contribution < 1.29 is 5.11 Å². The molecule has 2 rings (SSSR count). The molecule has 0 aromatic carbocycles. The molecule has 1 saturated heterocycles. The predicted octanol–water partition coefficient (Wildman–Crippen LogP) is 3.44. The van der Waals surface area contributed by atoms with Gasteiger partial charge in [0.2, 0.25) is 0 Å². The average molecular weight is 253 g/mol. The van der Waals surface area contributed by atoms with Crippen LogP contribution in [0.15, 0.2) is 0 Å². The van der Waals surface area contributed by atoms with Crippen molar-refractivity contribution >= 4 is 0 Å². The summed E-state index contributed by atoms with van der Waals surface area (Å²) in [5, 5.41) is 10.1. The summed E-state index contributed by atoms with van der Waals surface area (Å²) in [6, 6.07) is 0.683. The van der Waals surface area contributed by atoms with Gasteiger partial charge in [-0.05, 0) is 57.0 Å². The van der Waals surface area contributed by atoms with E-state index in [1.165, 1.54) is 51.6 Å². The SMILES string of the molecule is CC(C)(C)CCCN1CCCC1C1CCCC1O. The minimum absolute atomic E-state index is 0.0155. The van der Waals surface area contributed by atoms with Gasteiger partial charge in [-0.1, -0.05) is 27.2 Å². The first-order chi connectivity index (χ1) is 8.47. The normalized spacial score (nSPS) is 34.3. The first kappa shape index (κ1) is 14.3. The third-order valence-corrected chi connectivity index (χ3v) is 4.81. The number of hydrogen-bond acceptors (Lipinski definition) is 2. The lowest BCUT2D eigenvalue weighted by Gasteiger charge is -2.32.